The van der Waals surface area contributed by atoms with E-state index in [4.69, 9.17) is 34.5 Å². The van der Waals surface area contributed by atoms with Crippen molar-refractivity contribution >= 4 is 42.5 Å². The fourth-order valence-electron chi connectivity index (χ4n) is 7.46. The molecular weight excluding hydrogens is 1080 g/mol. The molecule has 0 fully saturated rings. The van der Waals surface area contributed by atoms with E-state index in [1.807, 2.05) is 153 Å². The molecule has 84 heavy (non-hydrogen) atoms. The number of carbonyl (C=O) groups is 7. The monoisotopic (exact) mass is 1150 g/mol. The van der Waals surface area contributed by atoms with Crippen LogP contribution in [0.5, 0.6) is 11.5 Å². The number of ether oxygens (including phenoxy) is 6. The fraction of sp³-hybridized carbons (Fsp3) is 0.246. The zero-order chi connectivity index (χ0) is 61.1. The van der Waals surface area contributed by atoms with E-state index in [9.17, 15) is 38.7 Å². The molecule has 0 saturated carbocycles. The Hall–Kier alpha value is -10.0. The first-order chi connectivity index (χ1) is 40.5. The number of benzene rings is 7. The number of hydrogen-bond acceptors (Lipinski definition) is 16. The van der Waals surface area contributed by atoms with Gasteiger partial charge in [-0.2, -0.15) is 0 Å². The van der Waals surface area contributed by atoms with Crippen molar-refractivity contribution in [1.82, 2.24) is 16.0 Å². The van der Waals surface area contributed by atoms with Gasteiger partial charge in [-0.3, -0.25) is 4.79 Å². The van der Waals surface area contributed by atoms with Gasteiger partial charge in [0.15, 0.2) is 0 Å². The molecule has 0 aliphatic carbocycles. The lowest BCUT2D eigenvalue weighted by atomic mass is 10.0. The van der Waals surface area contributed by atoms with Crippen molar-refractivity contribution in [2.45, 2.75) is 83.5 Å². The van der Waals surface area contributed by atoms with E-state index in [1.165, 1.54) is 33.5 Å². The average Bonchev–Trinajstić information content (AvgIpc) is 3.52. The Bertz CT molecular complexity index is 2960. The van der Waals surface area contributed by atoms with E-state index < -0.39 is 60.4 Å². The summed E-state index contributed by atoms with van der Waals surface area (Å²) in [6.45, 7) is 4.43. The van der Waals surface area contributed by atoms with Gasteiger partial charge in [0.1, 0.15) is 55.7 Å². The second kappa shape index (κ2) is 37.1. The average molecular weight is 1150 g/mol. The van der Waals surface area contributed by atoms with Crippen molar-refractivity contribution in [1.29, 1.82) is 0 Å². The van der Waals surface area contributed by atoms with Crippen molar-refractivity contribution in [3.63, 3.8) is 0 Å². The summed E-state index contributed by atoms with van der Waals surface area (Å²) >= 11 is 0. The first kappa shape index (κ1) is 66.5. The molecule has 0 saturated heterocycles. The minimum Gasteiger partial charge on any atom is -0.508 e. The Kier molecular flexibility index (Phi) is 29.4. The van der Waals surface area contributed by atoms with E-state index in [0.717, 1.165) is 56.4 Å². The van der Waals surface area contributed by atoms with Crippen molar-refractivity contribution < 1.29 is 72.2 Å². The minimum absolute atomic E-state index is 0.111. The first-order valence-electron chi connectivity index (χ1n) is 26.5. The van der Waals surface area contributed by atoms with Gasteiger partial charge in [-0.25, -0.2) is 24.0 Å². The number of phenolic OH excluding ortho intramolecular Hbond substituents is 2. The second-order valence-corrected chi connectivity index (χ2v) is 18.8. The summed E-state index contributed by atoms with van der Waals surface area (Å²) < 4.78 is 29.3. The lowest BCUT2D eigenvalue weighted by Gasteiger charge is -2.16. The first-order valence-corrected chi connectivity index (χ1v) is 26.5. The summed E-state index contributed by atoms with van der Waals surface area (Å²) in [5.74, 6) is -1.19. The van der Waals surface area contributed by atoms with Gasteiger partial charge in [0.2, 0.25) is 0 Å². The van der Waals surface area contributed by atoms with Crippen molar-refractivity contribution in [2.24, 2.45) is 5.73 Å². The molecule has 19 nitrogen and oxygen atoms in total. The van der Waals surface area contributed by atoms with E-state index in [-0.39, 0.29) is 37.7 Å². The topological polar surface area (TPSA) is 277 Å². The molecule has 0 spiro atoms. The number of carbonyl (C=O) groups excluding carboxylic acids is 7. The number of esters is 3. The molecule has 7 N–H and O–H groups in total. The number of hydrogen-bond donors (Lipinski definition) is 6. The molecule has 0 heterocycles. The van der Waals surface area contributed by atoms with Crippen LogP contribution in [0, 0.1) is 13.8 Å². The van der Waals surface area contributed by atoms with Crippen LogP contribution in [0.3, 0.4) is 0 Å². The number of aromatic hydroxyl groups is 2. The molecule has 0 bridgehead atoms. The van der Waals surface area contributed by atoms with Gasteiger partial charge in [0.05, 0.1) is 27.4 Å². The van der Waals surface area contributed by atoms with Crippen molar-refractivity contribution in [3.05, 3.63) is 238 Å². The smallest absolute Gasteiger partial charge is 0.408 e. The highest BCUT2D eigenvalue weighted by Crippen LogP contribution is 2.14. The minimum atomic E-state index is -0.872. The molecule has 0 aliphatic heterocycles. The summed E-state index contributed by atoms with van der Waals surface area (Å²) in [6, 6.07) is 53.6. The molecule has 442 valence electrons. The van der Waals surface area contributed by atoms with Crippen LogP contribution in [0.1, 0.15) is 50.1 Å². The predicted octanol–water partition coefficient (Wildman–Crippen LogP) is 8.87. The maximum Gasteiger partial charge on any atom is 0.408 e. The predicted molar refractivity (Wildman–Crippen MR) is 314 cm³/mol. The number of alkyl carbamates (subject to hydrolysis) is 3. The number of rotatable bonds is 21. The van der Waals surface area contributed by atoms with Crippen molar-refractivity contribution in [3.8, 4) is 11.5 Å². The summed E-state index contributed by atoms with van der Waals surface area (Å²) in [4.78, 5) is 81.5. The maximum atomic E-state index is 12.0. The maximum absolute atomic E-state index is 12.0. The van der Waals surface area contributed by atoms with Crippen LogP contribution in [-0.2, 0) is 93.1 Å². The van der Waals surface area contributed by atoms with Crippen molar-refractivity contribution in [2.75, 3.05) is 21.3 Å². The lowest BCUT2D eigenvalue weighted by molar-refractivity contribution is -0.143. The summed E-state index contributed by atoms with van der Waals surface area (Å²) in [5, 5.41) is 26.0. The molecule has 0 aromatic heterocycles. The second-order valence-electron chi connectivity index (χ2n) is 18.8. The number of amides is 3. The van der Waals surface area contributed by atoms with Crippen LogP contribution in [0.2, 0.25) is 0 Å². The van der Waals surface area contributed by atoms with Gasteiger partial charge in [-0.05, 0) is 89.9 Å². The van der Waals surface area contributed by atoms with Crippen LogP contribution < -0.4 is 21.7 Å². The third-order valence-electron chi connectivity index (χ3n) is 12.1. The quantitative estimate of drug-likeness (QED) is 0.0223. The highest BCUT2D eigenvalue weighted by atomic mass is 16.6. The third kappa shape index (κ3) is 26.5. The highest BCUT2D eigenvalue weighted by Gasteiger charge is 2.24. The molecule has 4 unspecified atom stereocenters. The molecule has 3 amide bonds. The number of phenols is 2. The Labute approximate surface area is 489 Å². The normalized spacial score (nSPS) is 11.5. The number of methoxy groups -OCH3 is 3. The molecule has 0 aliphatic rings. The molecule has 7 rings (SSSR count). The van der Waals surface area contributed by atoms with Gasteiger partial charge >= 0.3 is 36.2 Å². The SMILES string of the molecule is COC(=O)C(Cc1ccc(C)cc1)NC(=O)OCc1ccccc1.COC(=O)C(Cc1ccc(O)cc1)NC(=O)OCc1ccccc1.COC(=O)C(N)Cc1ccc(O)cc1.Cc1ccc(CC(C=O)NC(=O)OCc2ccccc2)cc1. The van der Waals surface area contributed by atoms with Crippen LogP contribution in [-0.4, -0.2) is 98.2 Å². The summed E-state index contributed by atoms with van der Waals surface area (Å²) in [7, 11) is 3.85. The standard InChI is InChI=1S/C19H21NO4.C18H19NO5.C18H19NO3.C10H13NO3/c1-14-8-10-15(11-9-14)12-17(18(21)23-2)20-19(22)24-13-16-6-4-3-5-7-16;1-23-17(21)16(11-13-7-9-15(20)10-8-13)19-18(22)24-12-14-5-3-2-4-6-14;1-14-7-9-15(10-8-14)11-17(12-20)19-18(21)22-13-16-5-3-2-4-6-16;1-14-10(13)9(11)6-7-2-4-8(12)5-3-7/h3-11,17H,12-13H2,1-2H3,(H,20,22);2-10,16,20H,11-12H2,1H3,(H,19,22);2-10,12,17H,11,13H2,1H3,(H,19,21);2-5,9,12H,6,11H2,1H3. The Balaban J connectivity index is 0.000000244. The van der Waals surface area contributed by atoms with E-state index in [1.54, 1.807) is 36.4 Å². The molecule has 7 aromatic rings. The summed E-state index contributed by atoms with van der Waals surface area (Å²) in [6.07, 6.45) is 0.212. The number of nitrogens with two attached hydrogens (primary N) is 1. The van der Waals surface area contributed by atoms with E-state index in [0.29, 0.717) is 19.3 Å². The van der Waals surface area contributed by atoms with Gasteiger partial charge in [0, 0.05) is 12.8 Å². The van der Waals surface area contributed by atoms with Crippen LogP contribution in [0.15, 0.2) is 188 Å². The third-order valence-corrected chi connectivity index (χ3v) is 12.1. The van der Waals surface area contributed by atoms with E-state index in [2.05, 4.69) is 20.7 Å². The Morgan fingerprint density at radius 3 is 1.02 bits per heavy atom. The zero-order valence-electron chi connectivity index (χ0n) is 47.5. The molecule has 7 aromatic carbocycles. The Morgan fingerprint density at radius 2 is 0.702 bits per heavy atom. The zero-order valence-corrected chi connectivity index (χ0v) is 47.5. The summed E-state index contributed by atoms with van der Waals surface area (Å²) in [5.41, 5.74) is 14.0. The van der Waals surface area contributed by atoms with Crippen LogP contribution in [0.4, 0.5) is 14.4 Å². The Morgan fingerprint density at radius 1 is 0.405 bits per heavy atom. The molecule has 0 radical (unpaired) electrons. The molecule has 19 heteroatoms. The van der Waals surface area contributed by atoms with Crippen LogP contribution >= 0.6 is 0 Å². The largest absolute Gasteiger partial charge is 0.508 e. The lowest BCUT2D eigenvalue weighted by Crippen LogP contribution is -2.43. The highest BCUT2D eigenvalue weighted by molar-refractivity contribution is 5.82. The van der Waals surface area contributed by atoms with Gasteiger partial charge < -0.3 is 65.1 Å². The number of aryl methyl sites for hydroxylation is 2. The number of nitrogens with one attached hydrogen (secondary N) is 3. The number of aldehydes is 1. The van der Waals surface area contributed by atoms with E-state index >= 15 is 0 Å². The molecule has 4 atom stereocenters. The van der Waals surface area contributed by atoms with Gasteiger partial charge in [-0.1, -0.05) is 175 Å². The van der Waals surface area contributed by atoms with Gasteiger partial charge in [0.25, 0.3) is 0 Å². The van der Waals surface area contributed by atoms with Crippen LogP contribution in [0.25, 0.3) is 0 Å². The molecular formula is C65H72N4O15. The van der Waals surface area contributed by atoms with Gasteiger partial charge in [-0.15, -0.1) is 0 Å². The fourth-order valence-corrected chi connectivity index (χ4v) is 7.46.